The standard InChI is InChI=1S/C21H32O3/c1-4-7-20(22)8-5-14-24-15-6-9-21(23)19-12-10-18(11-13-19)16-17(2)3/h10-13,17H,4-9,14-16H2,1-3H3. The Labute approximate surface area is 146 Å². The van der Waals surface area contributed by atoms with Crippen LogP contribution in [-0.4, -0.2) is 24.8 Å². The van der Waals surface area contributed by atoms with E-state index in [1.54, 1.807) is 0 Å². The highest BCUT2D eigenvalue weighted by Gasteiger charge is 2.06. The zero-order valence-electron chi connectivity index (χ0n) is 15.5. The Morgan fingerprint density at radius 3 is 2.17 bits per heavy atom. The van der Waals surface area contributed by atoms with Crippen LogP contribution in [0, 0.1) is 5.92 Å². The molecule has 1 rings (SSSR count). The molecule has 0 atom stereocenters. The Morgan fingerprint density at radius 2 is 1.58 bits per heavy atom. The van der Waals surface area contributed by atoms with Gasteiger partial charge in [-0.1, -0.05) is 45.0 Å². The summed E-state index contributed by atoms with van der Waals surface area (Å²) in [5.74, 6) is 1.12. The van der Waals surface area contributed by atoms with Gasteiger partial charge in [0.2, 0.25) is 0 Å². The number of carbonyl (C=O) groups is 2. The maximum absolute atomic E-state index is 12.1. The van der Waals surface area contributed by atoms with Crippen molar-refractivity contribution in [2.75, 3.05) is 13.2 Å². The summed E-state index contributed by atoms with van der Waals surface area (Å²) in [6, 6.07) is 7.97. The summed E-state index contributed by atoms with van der Waals surface area (Å²) < 4.78 is 5.51. The Bertz CT molecular complexity index is 488. The quantitative estimate of drug-likeness (QED) is 0.376. The topological polar surface area (TPSA) is 43.4 Å². The van der Waals surface area contributed by atoms with Gasteiger partial charge >= 0.3 is 0 Å². The molecule has 3 nitrogen and oxygen atoms in total. The van der Waals surface area contributed by atoms with E-state index in [1.165, 1.54) is 5.56 Å². The monoisotopic (exact) mass is 332 g/mol. The van der Waals surface area contributed by atoms with Gasteiger partial charge in [0.05, 0.1) is 0 Å². The first-order valence-corrected chi connectivity index (χ1v) is 9.24. The van der Waals surface area contributed by atoms with E-state index in [-0.39, 0.29) is 5.78 Å². The fourth-order valence-electron chi connectivity index (χ4n) is 2.65. The van der Waals surface area contributed by atoms with Gasteiger partial charge in [0.15, 0.2) is 5.78 Å². The van der Waals surface area contributed by atoms with Gasteiger partial charge in [0, 0.05) is 38.0 Å². The van der Waals surface area contributed by atoms with Crippen molar-refractivity contribution in [3.63, 3.8) is 0 Å². The molecule has 0 saturated carbocycles. The molecule has 0 N–H and O–H groups in total. The second-order valence-corrected chi connectivity index (χ2v) is 6.83. The van der Waals surface area contributed by atoms with Crippen molar-refractivity contribution in [2.45, 2.75) is 65.7 Å². The van der Waals surface area contributed by atoms with Gasteiger partial charge in [-0.15, -0.1) is 0 Å². The van der Waals surface area contributed by atoms with Crippen LogP contribution in [0.3, 0.4) is 0 Å². The minimum absolute atomic E-state index is 0.174. The number of benzene rings is 1. The minimum Gasteiger partial charge on any atom is -0.381 e. The van der Waals surface area contributed by atoms with Gasteiger partial charge in [-0.3, -0.25) is 9.59 Å². The van der Waals surface area contributed by atoms with Crippen LogP contribution in [0.1, 0.15) is 75.2 Å². The summed E-state index contributed by atoms with van der Waals surface area (Å²) in [5.41, 5.74) is 2.06. The molecule has 0 saturated heterocycles. The number of hydrogen-bond acceptors (Lipinski definition) is 3. The number of rotatable bonds is 13. The molecule has 0 aliphatic heterocycles. The summed E-state index contributed by atoms with van der Waals surface area (Å²) in [7, 11) is 0. The smallest absolute Gasteiger partial charge is 0.162 e. The lowest BCUT2D eigenvalue weighted by molar-refractivity contribution is -0.119. The van der Waals surface area contributed by atoms with Gasteiger partial charge in [-0.2, -0.15) is 0 Å². The Balaban J connectivity index is 2.14. The lowest BCUT2D eigenvalue weighted by atomic mass is 10.00. The molecular weight excluding hydrogens is 300 g/mol. The number of ether oxygens (including phenoxy) is 1. The molecule has 0 unspecified atom stereocenters. The predicted octanol–water partition coefficient (Wildman–Crippen LogP) is 5.01. The van der Waals surface area contributed by atoms with Crippen LogP contribution in [0.25, 0.3) is 0 Å². The zero-order chi connectivity index (χ0) is 17.8. The van der Waals surface area contributed by atoms with Crippen LogP contribution >= 0.6 is 0 Å². The van der Waals surface area contributed by atoms with E-state index in [1.807, 2.05) is 19.1 Å². The predicted molar refractivity (Wildman–Crippen MR) is 98.5 cm³/mol. The van der Waals surface area contributed by atoms with E-state index in [0.29, 0.717) is 44.2 Å². The van der Waals surface area contributed by atoms with Crippen molar-refractivity contribution in [1.29, 1.82) is 0 Å². The number of hydrogen-bond donors (Lipinski definition) is 0. The molecule has 0 aliphatic carbocycles. The number of carbonyl (C=O) groups excluding carboxylic acids is 2. The largest absolute Gasteiger partial charge is 0.381 e. The number of Topliss-reactive ketones (excluding diaryl/α,β-unsaturated/α-hetero) is 2. The number of ketones is 2. The Hall–Kier alpha value is -1.48. The van der Waals surface area contributed by atoms with Gasteiger partial charge in [-0.25, -0.2) is 0 Å². The van der Waals surface area contributed by atoms with E-state index in [9.17, 15) is 9.59 Å². The maximum atomic E-state index is 12.1. The fourth-order valence-corrected chi connectivity index (χ4v) is 2.65. The lowest BCUT2D eigenvalue weighted by Crippen LogP contribution is -2.05. The summed E-state index contributed by atoms with van der Waals surface area (Å²) >= 11 is 0. The van der Waals surface area contributed by atoms with Crippen LogP contribution in [-0.2, 0) is 16.0 Å². The molecule has 1 aromatic carbocycles. The van der Waals surface area contributed by atoms with E-state index >= 15 is 0 Å². The molecule has 1 aromatic rings. The molecule has 0 aliphatic rings. The third-order valence-corrected chi connectivity index (χ3v) is 3.89. The van der Waals surface area contributed by atoms with Crippen molar-refractivity contribution >= 4 is 11.6 Å². The first-order valence-electron chi connectivity index (χ1n) is 9.24. The van der Waals surface area contributed by atoms with Gasteiger partial charge in [-0.05, 0) is 37.2 Å². The van der Waals surface area contributed by atoms with E-state index in [2.05, 4.69) is 26.0 Å². The molecule has 0 aromatic heterocycles. The van der Waals surface area contributed by atoms with Crippen molar-refractivity contribution in [3.8, 4) is 0 Å². The summed E-state index contributed by atoms with van der Waals surface area (Å²) in [4.78, 5) is 23.5. The highest BCUT2D eigenvalue weighted by atomic mass is 16.5. The fraction of sp³-hybridized carbons (Fsp3) is 0.619. The third-order valence-electron chi connectivity index (χ3n) is 3.89. The summed E-state index contributed by atoms with van der Waals surface area (Å²) in [6.45, 7) is 7.59. The second-order valence-electron chi connectivity index (χ2n) is 6.83. The Kier molecular flexibility index (Phi) is 10.3. The van der Waals surface area contributed by atoms with Crippen LogP contribution in [0.15, 0.2) is 24.3 Å². The summed E-state index contributed by atoms with van der Waals surface area (Å²) in [5, 5.41) is 0. The van der Waals surface area contributed by atoms with Crippen LogP contribution in [0.2, 0.25) is 0 Å². The van der Waals surface area contributed by atoms with Gasteiger partial charge in [0.25, 0.3) is 0 Å². The third kappa shape index (κ3) is 8.97. The highest BCUT2D eigenvalue weighted by molar-refractivity contribution is 5.96. The van der Waals surface area contributed by atoms with Crippen LogP contribution in [0.4, 0.5) is 0 Å². The molecule has 3 heteroatoms. The first-order chi connectivity index (χ1) is 11.5. The molecule has 0 amide bonds. The molecule has 0 radical (unpaired) electrons. The SMILES string of the molecule is CCCC(=O)CCCOCCCC(=O)c1ccc(CC(C)C)cc1. The minimum atomic E-state index is 0.174. The molecular formula is C21H32O3. The van der Waals surface area contributed by atoms with Gasteiger partial charge < -0.3 is 4.74 Å². The second kappa shape index (κ2) is 12.0. The van der Waals surface area contributed by atoms with E-state index < -0.39 is 0 Å². The molecule has 24 heavy (non-hydrogen) atoms. The zero-order valence-corrected chi connectivity index (χ0v) is 15.5. The van der Waals surface area contributed by atoms with Crippen molar-refractivity contribution in [1.82, 2.24) is 0 Å². The van der Waals surface area contributed by atoms with Gasteiger partial charge in [0.1, 0.15) is 5.78 Å². The highest BCUT2D eigenvalue weighted by Crippen LogP contribution is 2.12. The van der Waals surface area contributed by atoms with Crippen LogP contribution in [0.5, 0.6) is 0 Å². The molecule has 0 heterocycles. The molecule has 0 bridgehead atoms. The first kappa shape index (κ1) is 20.6. The lowest BCUT2D eigenvalue weighted by Gasteiger charge is -2.07. The van der Waals surface area contributed by atoms with Crippen molar-refractivity contribution < 1.29 is 14.3 Å². The summed E-state index contributed by atoms with van der Waals surface area (Å²) in [6.07, 6.45) is 5.27. The molecule has 0 spiro atoms. The molecule has 134 valence electrons. The van der Waals surface area contributed by atoms with Crippen molar-refractivity contribution in [3.05, 3.63) is 35.4 Å². The average molecular weight is 332 g/mol. The average Bonchev–Trinajstić information content (AvgIpc) is 2.54. The van der Waals surface area contributed by atoms with Crippen LogP contribution < -0.4 is 0 Å². The van der Waals surface area contributed by atoms with E-state index in [4.69, 9.17) is 4.74 Å². The normalized spacial score (nSPS) is 11.0. The molecule has 0 fully saturated rings. The van der Waals surface area contributed by atoms with Crippen molar-refractivity contribution in [2.24, 2.45) is 5.92 Å². The van der Waals surface area contributed by atoms with E-state index in [0.717, 1.165) is 31.2 Å². The maximum Gasteiger partial charge on any atom is 0.162 e. The Morgan fingerprint density at radius 1 is 0.958 bits per heavy atom.